The van der Waals surface area contributed by atoms with E-state index in [4.69, 9.17) is 4.52 Å². The second kappa shape index (κ2) is 8.09. The maximum Gasteiger partial charge on any atom is 0.226 e. The van der Waals surface area contributed by atoms with Crippen molar-refractivity contribution in [3.8, 4) is 0 Å². The molecule has 5 heteroatoms. The van der Waals surface area contributed by atoms with Gasteiger partial charge in [-0.05, 0) is 36.7 Å². The van der Waals surface area contributed by atoms with Gasteiger partial charge in [-0.1, -0.05) is 47.6 Å². The monoisotopic (exact) mass is 331 g/mol. The molecule has 3 aromatic rings. The number of nitrogens with zero attached hydrogens (tertiary/aromatic N) is 2. The Morgan fingerprint density at radius 2 is 1.87 bits per heavy atom. The van der Waals surface area contributed by atoms with E-state index in [0.717, 1.165) is 25.1 Å². The maximum absolute atomic E-state index is 5.33. The van der Waals surface area contributed by atoms with Gasteiger partial charge in [-0.15, -0.1) is 12.4 Å². The molecule has 0 aliphatic heterocycles. The van der Waals surface area contributed by atoms with Gasteiger partial charge in [-0.25, -0.2) is 0 Å². The fraction of sp³-hybridized carbons (Fsp3) is 0.333. The Hall–Kier alpha value is -1.91. The Labute approximate surface area is 142 Å². The van der Waals surface area contributed by atoms with Crippen molar-refractivity contribution in [2.45, 2.75) is 32.2 Å². The average molecular weight is 332 g/mol. The summed E-state index contributed by atoms with van der Waals surface area (Å²) >= 11 is 0. The smallest absolute Gasteiger partial charge is 0.226 e. The van der Waals surface area contributed by atoms with Crippen molar-refractivity contribution < 1.29 is 4.52 Å². The SMILES string of the molecule is CNC(C)Cc1noc(CCc2ccc3ccccc3c2)n1.Cl. The van der Waals surface area contributed by atoms with Gasteiger partial charge in [0.1, 0.15) is 0 Å². The lowest BCUT2D eigenvalue weighted by molar-refractivity contribution is 0.371. The van der Waals surface area contributed by atoms with Crippen LogP contribution in [0.2, 0.25) is 0 Å². The number of rotatable bonds is 6. The van der Waals surface area contributed by atoms with Crippen molar-refractivity contribution in [1.82, 2.24) is 15.5 Å². The highest BCUT2D eigenvalue weighted by Gasteiger charge is 2.09. The van der Waals surface area contributed by atoms with Crippen molar-refractivity contribution >= 4 is 23.2 Å². The van der Waals surface area contributed by atoms with Gasteiger partial charge in [0.05, 0.1) is 0 Å². The van der Waals surface area contributed by atoms with Crippen LogP contribution >= 0.6 is 12.4 Å². The first-order chi connectivity index (χ1) is 10.7. The predicted octanol–water partition coefficient (Wildman–Crippen LogP) is 3.58. The Morgan fingerprint density at radius 3 is 2.65 bits per heavy atom. The molecule has 0 radical (unpaired) electrons. The van der Waals surface area contributed by atoms with Gasteiger partial charge in [0.2, 0.25) is 5.89 Å². The summed E-state index contributed by atoms with van der Waals surface area (Å²) in [7, 11) is 1.94. The van der Waals surface area contributed by atoms with Crippen LogP contribution in [-0.2, 0) is 19.3 Å². The number of likely N-dealkylation sites (N-methyl/N-ethyl adjacent to an activating group) is 1. The largest absolute Gasteiger partial charge is 0.339 e. The highest BCUT2D eigenvalue weighted by Crippen LogP contribution is 2.17. The fourth-order valence-corrected chi connectivity index (χ4v) is 2.50. The van der Waals surface area contributed by atoms with Gasteiger partial charge >= 0.3 is 0 Å². The molecule has 1 atom stereocenters. The molecule has 0 aliphatic rings. The second-order valence-corrected chi connectivity index (χ2v) is 5.68. The van der Waals surface area contributed by atoms with Gasteiger partial charge in [-0.2, -0.15) is 4.98 Å². The molecule has 2 aromatic carbocycles. The van der Waals surface area contributed by atoms with E-state index in [0.29, 0.717) is 11.9 Å². The van der Waals surface area contributed by atoms with Crippen LogP contribution in [0.3, 0.4) is 0 Å². The lowest BCUT2D eigenvalue weighted by Gasteiger charge is -2.04. The molecule has 3 rings (SSSR count). The first-order valence-electron chi connectivity index (χ1n) is 7.71. The summed E-state index contributed by atoms with van der Waals surface area (Å²) in [4.78, 5) is 4.46. The van der Waals surface area contributed by atoms with E-state index in [1.54, 1.807) is 0 Å². The Morgan fingerprint density at radius 1 is 1.09 bits per heavy atom. The molecule has 0 amide bonds. The number of aromatic nitrogens is 2. The molecular formula is C18H22ClN3O. The van der Waals surface area contributed by atoms with Crippen LogP contribution in [0.4, 0.5) is 0 Å². The third-order valence-corrected chi connectivity index (χ3v) is 3.93. The van der Waals surface area contributed by atoms with Crippen LogP contribution in [0.5, 0.6) is 0 Å². The minimum Gasteiger partial charge on any atom is -0.339 e. The summed E-state index contributed by atoms with van der Waals surface area (Å²) in [6.45, 7) is 2.10. The Kier molecular flexibility index (Phi) is 6.13. The van der Waals surface area contributed by atoms with E-state index in [-0.39, 0.29) is 12.4 Å². The van der Waals surface area contributed by atoms with Crippen LogP contribution < -0.4 is 5.32 Å². The molecule has 23 heavy (non-hydrogen) atoms. The molecule has 0 saturated heterocycles. The van der Waals surface area contributed by atoms with Crippen molar-refractivity contribution in [2.75, 3.05) is 7.05 Å². The lowest BCUT2D eigenvalue weighted by atomic mass is 10.0. The summed E-state index contributed by atoms with van der Waals surface area (Å²) in [5.74, 6) is 1.49. The standard InChI is InChI=1S/C18H21N3O.ClH/c1-13(19-2)11-17-20-18(22-21-17)10-8-14-7-9-15-5-3-4-6-16(15)12-14;/h3-7,9,12-13,19H,8,10-11H2,1-2H3;1H. The second-order valence-electron chi connectivity index (χ2n) is 5.68. The summed E-state index contributed by atoms with van der Waals surface area (Å²) in [5, 5.41) is 9.76. The van der Waals surface area contributed by atoms with Gasteiger partial charge in [0.25, 0.3) is 0 Å². The zero-order chi connectivity index (χ0) is 15.4. The highest BCUT2D eigenvalue weighted by atomic mass is 35.5. The van der Waals surface area contributed by atoms with Gasteiger partial charge in [-0.3, -0.25) is 0 Å². The number of aryl methyl sites for hydroxylation is 2. The van der Waals surface area contributed by atoms with E-state index in [9.17, 15) is 0 Å². The number of benzene rings is 2. The molecule has 0 bridgehead atoms. The van der Waals surface area contributed by atoms with E-state index in [2.05, 4.69) is 64.8 Å². The maximum atomic E-state index is 5.33. The summed E-state index contributed by atoms with van der Waals surface area (Å²) in [6, 6.07) is 15.3. The van der Waals surface area contributed by atoms with Gasteiger partial charge < -0.3 is 9.84 Å². The first-order valence-corrected chi connectivity index (χ1v) is 7.71. The van der Waals surface area contributed by atoms with Crippen LogP contribution in [-0.4, -0.2) is 23.2 Å². The minimum absolute atomic E-state index is 0. The zero-order valence-corrected chi connectivity index (χ0v) is 14.3. The van der Waals surface area contributed by atoms with E-state index in [1.807, 2.05) is 7.05 Å². The van der Waals surface area contributed by atoms with Crippen LogP contribution in [0.1, 0.15) is 24.2 Å². The highest BCUT2D eigenvalue weighted by molar-refractivity contribution is 5.85. The lowest BCUT2D eigenvalue weighted by Crippen LogP contribution is -2.24. The molecule has 1 N–H and O–H groups in total. The van der Waals surface area contributed by atoms with Gasteiger partial charge in [0, 0.05) is 18.9 Å². The average Bonchev–Trinajstić information content (AvgIpc) is 3.00. The van der Waals surface area contributed by atoms with Crippen LogP contribution in [0.25, 0.3) is 10.8 Å². The molecule has 1 unspecified atom stereocenters. The number of fused-ring (bicyclic) bond motifs is 1. The van der Waals surface area contributed by atoms with Crippen molar-refractivity contribution in [2.24, 2.45) is 0 Å². The molecule has 0 spiro atoms. The third kappa shape index (κ3) is 4.53. The molecule has 4 nitrogen and oxygen atoms in total. The van der Waals surface area contributed by atoms with Gasteiger partial charge in [0.15, 0.2) is 5.82 Å². The van der Waals surface area contributed by atoms with E-state index < -0.39 is 0 Å². The Balaban J connectivity index is 0.00000192. The molecule has 122 valence electrons. The number of halogens is 1. The Bertz CT molecular complexity index is 757. The molecule has 0 saturated carbocycles. The first kappa shape index (κ1) is 17.4. The molecular weight excluding hydrogens is 310 g/mol. The molecule has 0 fully saturated rings. The summed E-state index contributed by atoms with van der Waals surface area (Å²) in [5.41, 5.74) is 1.29. The number of nitrogens with one attached hydrogen (secondary N) is 1. The van der Waals surface area contributed by atoms with E-state index >= 15 is 0 Å². The van der Waals surface area contributed by atoms with Crippen molar-refractivity contribution in [1.29, 1.82) is 0 Å². The zero-order valence-electron chi connectivity index (χ0n) is 13.5. The van der Waals surface area contributed by atoms with Crippen LogP contribution in [0, 0.1) is 0 Å². The quantitative estimate of drug-likeness (QED) is 0.750. The number of hydrogen-bond acceptors (Lipinski definition) is 4. The van der Waals surface area contributed by atoms with Crippen LogP contribution in [0.15, 0.2) is 47.0 Å². The predicted molar refractivity (Wildman–Crippen MR) is 95.1 cm³/mol. The number of hydrogen-bond donors (Lipinski definition) is 1. The third-order valence-electron chi connectivity index (χ3n) is 3.93. The normalized spacial score (nSPS) is 12.1. The topological polar surface area (TPSA) is 51.0 Å². The van der Waals surface area contributed by atoms with E-state index in [1.165, 1.54) is 16.3 Å². The summed E-state index contributed by atoms with van der Waals surface area (Å²) in [6.07, 6.45) is 2.48. The minimum atomic E-state index is 0. The molecule has 1 aromatic heterocycles. The molecule has 0 aliphatic carbocycles. The van der Waals surface area contributed by atoms with Crippen molar-refractivity contribution in [3.63, 3.8) is 0 Å². The fourth-order valence-electron chi connectivity index (χ4n) is 2.50. The summed E-state index contributed by atoms with van der Waals surface area (Å²) < 4.78 is 5.33. The molecule has 1 heterocycles. The van der Waals surface area contributed by atoms with Crippen molar-refractivity contribution in [3.05, 3.63) is 59.7 Å².